The van der Waals surface area contributed by atoms with Crippen LogP contribution in [0, 0.1) is 5.41 Å². The Labute approximate surface area is 261 Å². The van der Waals surface area contributed by atoms with E-state index in [-0.39, 0.29) is 106 Å². The van der Waals surface area contributed by atoms with Gasteiger partial charge >= 0.3 is 0 Å². The fourth-order valence-corrected chi connectivity index (χ4v) is 3.46. The molecule has 0 radical (unpaired) electrons. The summed E-state index contributed by atoms with van der Waals surface area (Å²) in [6.45, 7) is -3.29. The molecular weight excluding hydrogens is 620 g/mol. The van der Waals surface area contributed by atoms with E-state index in [1.54, 1.807) is 0 Å². The molecule has 0 spiro atoms. The van der Waals surface area contributed by atoms with Crippen LogP contribution in [0.4, 0.5) is 0 Å². The Morgan fingerprint density at radius 1 is 0.356 bits per heavy atom. The van der Waals surface area contributed by atoms with Crippen LogP contribution in [0.15, 0.2) is 0 Å². The standard InChI is InChI=1S/C25H52O20/c26-1-5-34-9-21(10-35-6-2-27)38-17-25(19-40-23(13-42-30)14-43-31,20-41-24(15-44-32)16-45-33)18-39-22(11-36-7-3-28)12-37-8-4-29/h21-24,26-33H,1-20H2. The minimum atomic E-state index is -1.26. The highest BCUT2D eigenvalue weighted by Gasteiger charge is 2.37. The molecule has 8 N–H and O–H groups in total. The van der Waals surface area contributed by atoms with Gasteiger partial charge in [0, 0.05) is 0 Å². The molecule has 0 aromatic rings. The third-order valence-electron chi connectivity index (χ3n) is 5.70. The number of hydrogen-bond acceptors (Lipinski definition) is 20. The molecular formula is C25H52O20. The van der Waals surface area contributed by atoms with Crippen molar-refractivity contribution in [1.82, 2.24) is 0 Å². The highest BCUT2D eigenvalue weighted by Crippen LogP contribution is 2.24. The van der Waals surface area contributed by atoms with E-state index < -0.39 is 56.3 Å². The summed E-state index contributed by atoms with van der Waals surface area (Å²) < 4.78 is 45.6. The zero-order valence-corrected chi connectivity index (χ0v) is 25.4. The summed E-state index contributed by atoms with van der Waals surface area (Å²) in [4.78, 5) is 16.6. The Morgan fingerprint density at radius 2 is 0.578 bits per heavy atom. The van der Waals surface area contributed by atoms with Gasteiger partial charge in [-0.15, -0.1) is 0 Å². The lowest BCUT2D eigenvalue weighted by atomic mass is 9.91. The monoisotopic (exact) mass is 672 g/mol. The molecule has 0 rings (SSSR count). The average molecular weight is 673 g/mol. The average Bonchev–Trinajstić information content (AvgIpc) is 3.03. The maximum atomic E-state index is 9.11. The number of hydrogen-bond donors (Lipinski definition) is 8. The van der Waals surface area contributed by atoms with Crippen molar-refractivity contribution >= 4 is 0 Å². The fraction of sp³-hybridized carbons (Fsp3) is 1.00. The van der Waals surface area contributed by atoms with Gasteiger partial charge in [-0.3, -0.25) is 21.0 Å². The van der Waals surface area contributed by atoms with Crippen LogP contribution in [-0.2, 0) is 57.4 Å². The largest absolute Gasteiger partial charge is 0.394 e. The second-order valence-electron chi connectivity index (χ2n) is 9.61. The first-order chi connectivity index (χ1) is 22.0. The Balaban J connectivity index is 6.24. The van der Waals surface area contributed by atoms with Crippen LogP contribution >= 0.6 is 0 Å². The van der Waals surface area contributed by atoms with E-state index in [1.807, 2.05) is 0 Å². The lowest BCUT2D eigenvalue weighted by molar-refractivity contribution is -0.303. The van der Waals surface area contributed by atoms with Gasteiger partial charge < -0.3 is 58.3 Å². The Morgan fingerprint density at radius 3 is 0.778 bits per heavy atom. The summed E-state index contributed by atoms with van der Waals surface area (Å²) >= 11 is 0. The maximum absolute atomic E-state index is 9.11. The number of aliphatic hydroxyl groups is 4. The van der Waals surface area contributed by atoms with Crippen LogP contribution in [0.5, 0.6) is 0 Å². The predicted octanol–water partition coefficient (Wildman–Crippen LogP) is -2.49. The smallest absolute Gasteiger partial charge is 0.111 e. The lowest BCUT2D eigenvalue weighted by Gasteiger charge is -2.37. The van der Waals surface area contributed by atoms with Crippen molar-refractivity contribution in [2.45, 2.75) is 24.4 Å². The Kier molecular flexibility index (Phi) is 31.2. The molecule has 0 amide bonds. The normalized spacial score (nSPS) is 12.5. The minimum absolute atomic E-state index is 0.00404. The SMILES string of the molecule is OCCOCC(COCCO)OCC(COC(COO)COO)(COC(COO)COO)COC(COCCO)COCCO. The van der Waals surface area contributed by atoms with E-state index in [4.69, 9.17) is 79.3 Å². The quantitative estimate of drug-likeness (QED) is 0.0194. The van der Waals surface area contributed by atoms with E-state index in [0.29, 0.717) is 0 Å². The number of rotatable bonds is 36. The van der Waals surface area contributed by atoms with Gasteiger partial charge in [-0.1, -0.05) is 0 Å². The van der Waals surface area contributed by atoms with E-state index in [9.17, 15) is 0 Å². The molecule has 20 nitrogen and oxygen atoms in total. The highest BCUT2D eigenvalue weighted by atomic mass is 17.1. The van der Waals surface area contributed by atoms with E-state index >= 15 is 0 Å². The van der Waals surface area contributed by atoms with Crippen molar-refractivity contribution in [1.29, 1.82) is 0 Å². The summed E-state index contributed by atoms with van der Waals surface area (Å²) in [5, 5.41) is 72.3. The van der Waals surface area contributed by atoms with Crippen LogP contribution < -0.4 is 0 Å². The van der Waals surface area contributed by atoms with Gasteiger partial charge in [0.2, 0.25) is 0 Å². The summed E-state index contributed by atoms with van der Waals surface area (Å²) in [6, 6.07) is 0. The molecule has 20 heteroatoms. The van der Waals surface area contributed by atoms with Gasteiger partial charge in [-0.2, -0.15) is 0 Å². The van der Waals surface area contributed by atoms with Crippen molar-refractivity contribution < 1.29 is 98.9 Å². The van der Waals surface area contributed by atoms with Crippen LogP contribution in [0.2, 0.25) is 0 Å². The zero-order valence-electron chi connectivity index (χ0n) is 25.4. The Hall–Kier alpha value is -0.800. The van der Waals surface area contributed by atoms with Gasteiger partial charge in [-0.25, -0.2) is 19.6 Å². The van der Waals surface area contributed by atoms with E-state index in [1.165, 1.54) is 0 Å². The molecule has 0 aliphatic heterocycles. The van der Waals surface area contributed by atoms with E-state index in [0.717, 1.165) is 0 Å². The molecule has 0 saturated carbocycles. The first-order valence-corrected chi connectivity index (χ1v) is 14.2. The van der Waals surface area contributed by atoms with Crippen LogP contribution in [0.25, 0.3) is 0 Å². The molecule has 0 fully saturated rings. The third-order valence-corrected chi connectivity index (χ3v) is 5.70. The molecule has 0 aromatic heterocycles. The van der Waals surface area contributed by atoms with Gasteiger partial charge in [0.1, 0.15) is 50.8 Å². The summed E-state index contributed by atoms with van der Waals surface area (Å²) in [6.07, 6.45) is -3.39. The highest BCUT2D eigenvalue weighted by molar-refractivity contribution is 4.82. The summed E-state index contributed by atoms with van der Waals surface area (Å²) in [7, 11) is 0. The zero-order chi connectivity index (χ0) is 33.4. The second-order valence-corrected chi connectivity index (χ2v) is 9.61. The predicted molar refractivity (Wildman–Crippen MR) is 147 cm³/mol. The van der Waals surface area contributed by atoms with Crippen molar-refractivity contribution in [2.24, 2.45) is 5.41 Å². The van der Waals surface area contributed by atoms with Crippen molar-refractivity contribution in [3.63, 3.8) is 0 Å². The van der Waals surface area contributed by atoms with Gasteiger partial charge in [0.25, 0.3) is 0 Å². The van der Waals surface area contributed by atoms with Crippen LogP contribution in [-0.4, -0.2) is 198 Å². The third kappa shape index (κ3) is 24.1. The van der Waals surface area contributed by atoms with Gasteiger partial charge in [0.15, 0.2) is 0 Å². The van der Waals surface area contributed by atoms with Gasteiger partial charge in [-0.05, 0) is 0 Å². The minimum Gasteiger partial charge on any atom is -0.394 e. The molecule has 0 aliphatic carbocycles. The molecule has 0 bridgehead atoms. The molecule has 0 heterocycles. The number of aliphatic hydroxyl groups excluding tert-OH is 4. The van der Waals surface area contributed by atoms with E-state index in [2.05, 4.69) is 19.6 Å². The molecule has 0 aliphatic rings. The first kappa shape index (κ1) is 44.2. The van der Waals surface area contributed by atoms with Crippen molar-refractivity contribution in [3.8, 4) is 0 Å². The van der Waals surface area contributed by atoms with Gasteiger partial charge in [0.05, 0.1) is 111 Å². The molecule has 0 aromatic carbocycles. The fourth-order valence-electron chi connectivity index (χ4n) is 3.46. The van der Waals surface area contributed by atoms with Crippen LogP contribution in [0.1, 0.15) is 0 Å². The number of ether oxygens (including phenoxy) is 8. The lowest BCUT2D eigenvalue weighted by Crippen LogP contribution is -2.48. The van der Waals surface area contributed by atoms with Crippen molar-refractivity contribution in [3.05, 3.63) is 0 Å². The summed E-state index contributed by atoms with van der Waals surface area (Å²) in [5.74, 6) is 0. The first-order valence-electron chi connectivity index (χ1n) is 14.2. The Bertz CT molecular complexity index is 525. The summed E-state index contributed by atoms with van der Waals surface area (Å²) in [5.41, 5.74) is -1.26. The molecule has 0 saturated heterocycles. The van der Waals surface area contributed by atoms with Crippen molar-refractivity contribution in [2.75, 3.05) is 132 Å². The second kappa shape index (κ2) is 31.8. The molecule has 0 unspecified atom stereocenters. The maximum Gasteiger partial charge on any atom is 0.111 e. The molecule has 0 atom stereocenters. The van der Waals surface area contributed by atoms with Crippen LogP contribution in [0.3, 0.4) is 0 Å². The topological polar surface area (TPSA) is 273 Å². The molecule has 45 heavy (non-hydrogen) atoms. The molecule has 272 valence electrons.